The molecular weight excluding hydrogens is 212 g/mol. The average Bonchev–Trinajstić information content (AvgIpc) is 2.25. The topological polar surface area (TPSA) is 32.7 Å². The summed E-state index contributed by atoms with van der Waals surface area (Å²) >= 11 is 0. The molecule has 0 saturated heterocycles. The van der Waals surface area contributed by atoms with E-state index >= 15 is 0 Å². The maximum absolute atomic E-state index is 11.7. The zero-order chi connectivity index (χ0) is 13.0. The molecule has 3 nitrogen and oxygen atoms in total. The summed E-state index contributed by atoms with van der Waals surface area (Å²) in [4.78, 5) is 18.0. The molecule has 0 fully saturated rings. The van der Waals surface area contributed by atoms with Crippen LogP contribution in [0.3, 0.4) is 0 Å². The molecule has 0 aliphatic rings. The highest BCUT2D eigenvalue weighted by molar-refractivity contribution is 6.16. The highest BCUT2D eigenvalue weighted by atomic mass is 16.1. The lowest BCUT2D eigenvalue weighted by Crippen LogP contribution is -2.42. The smallest absolute Gasteiger partial charge is 0.153 e. The molecule has 1 atom stereocenters. The van der Waals surface area contributed by atoms with E-state index in [9.17, 15) is 4.79 Å². The number of rotatable bonds is 4. The van der Waals surface area contributed by atoms with E-state index in [0.717, 1.165) is 16.8 Å². The molecule has 0 aromatic heterocycles. The van der Waals surface area contributed by atoms with Crippen LogP contribution < -0.4 is 0 Å². The molecule has 0 radical (unpaired) electrons. The Kier molecular flexibility index (Phi) is 4.58. The summed E-state index contributed by atoms with van der Waals surface area (Å²) in [6, 6.07) is 7.73. The van der Waals surface area contributed by atoms with Crippen LogP contribution in [0.1, 0.15) is 18.1 Å². The van der Waals surface area contributed by atoms with Gasteiger partial charge in [0, 0.05) is 12.6 Å². The molecule has 17 heavy (non-hydrogen) atoms. The molecule has 0 spiro atoms. The lowest BCUT2D eigenvalue weighted by molar-refractivity contribution is -0.119. The number of benzene rings is 1. The summed E-state index contributed by atoms with van der Waals surface area (Å²) in [6.07, 6.45) is 0. The van der Waals surface area contributed by atoms with Gasteiger partial charge in [0.2, 0.25) is 0 Å². The lowest BCUT2D eigenvalue weighted by Gasteiger charge is -2.24. The van der Waals surface area contributed by atoms with Gasteiger partial charge < -0.3 is 0 Å². The van der Waals surface area contributed by atoms with Gasteiger partial charge in [0.15, 0.2) is 5.78 Å². The van der Waals surface area contributed by atoms with Gasteiger partial charge in [-0.3, -0.25) is 14.7 Å². The summed E-state index contributed by atoms with van der Waals surface area (Å²) in [5, 5.41) is 0. The van der Waals surface area contributed by atoms with E-state index < -0.39 is 0 Å². The molecule has 1 unspecified atom stereocenters. The van der Waals surface area contributed by atoms with Crippen LogP contribution in [0.25, 0.3) is 0 Å². The number of hydrogen-bond acceptors (Lipinski definition) is 3. The van der Waals surface area contributed by atoms with Crippen molar-refractivity contribution in [2.45, 2.75) is 19.9 Å². The molecule has 0 N–H and O–H groups in total. The monoisotopic (exact) mass is 232 g/mol. The molecular formula is C14H20N2O. The van der Waals surface area contributed by atoms with Crippen LogP contribution in [0.5, 0.6) is 0 Å². The standard InChI is InChI=1S/C14H20N2O/c1-10-8-6-7-9-12(10)13(15-3)14(11(2)17)16(4)5/h6-9,14H,1-5H3. The molecule has 0 aliphatic heterocycles. The predicted molar refractivity (Wildman–Crippen MR) is 71.8 cm³/mol. The van der Waals surface area contributed by atoms with Crippen LogP contribution in [0.15, 0.2) is 29.3 Å². The first-order chi connectivity index (χ1) is 7.99. The van der Waals surface area contributed by atoms with Crippen LogP contribution in [0.2, 0.25) is 0 Å². The van der Waals surface area contributed by atoms with E-state index in [1.54, 1.807) is 14.0 Å². The van der Waals surface area contributed by atoms with E-state index in [4.69, 9.17) is 0 Å². The highest BCUT2D eigenvalue weighted by Gasteiger charge is 2.24. The Morgan fingerprint density at radius 3 is 2.29 bits per heavy atom. The number of carbonyl (C=O) groups is 1. The van der Waals surface area contributed by atoms with Crippen molar-refractivity contribution >= 4 is 11.5 Å². The van der Waals surface area contributed by atoms with Gasteiger partial charge >= 0.3 is 0 Å². The minimum Gasteiger partial charge on any atom is -0.298 e. The van der Waals surface area contributed by atoms with E-state index in [1.807, 2.05) is 50.2 Å². The summed E-state index contributed by atoms with van der Waals surface area (Å²) in [7, 11) is 5.53. The average molecular weight is 232 g/mol. The number of likely N-dealkylation sites (N-methyl/N-ethyl adjacent to an activating group) is 1. The second-order valence-corrected chi connectivity index (χ2v) is 4.40. The van der Waals surface area contributed by atoms with Crippen molar-refractivity contribution in [1.82, 2.24) is 4.90 Å². The Morgan fingerprint density at radius 2 is 1.88 bits per heavy atom. The number of nitrogens with zero attached hydrogens (tertiary/aromatic N) is 2. The Balaban J connectivity index is 3.25. The van der Waals surface area contributed by atoms with Crippen molar-refractivity contribution in [3.63, 3.8) is 0 Å². The van der Waals surface area contributed by atoms with E-state index in [0.29, 0.717) is 0 Å². The van der Waals surface area contributed by atoms with Gasteiger partial charge in [-0.2, -0.15) is 0 Å². The van der Waals surface area contributed by atoms with Crippen molar-refractivity contribution in [3.8, 4) is 0 Å². The number of ketones is 1. The molecule has 1 aromatic carbocycles. The molecule has 0 saturated carbocycles. The lowest BCUT2D eigenvalue weighted by atomic mass is 9.96. The molecule has 0 heterocycles. The summed E-state index contributed by atoms with van der Waals surface area (Å²) in [5.74, 6) is 0.110. The minimum absolute atomic E-state index is 0.110. The second kappa shape index (κ2) is 5.73. The fourth-order valence-electron chi connectivity index (χ4n) is 2.05. The van der Waals surface area contributed by atoms with Crippen LogP contribution in [-0.4, -0.2) is 43.6 Å². The minimum atomic E-state index is -0.277. The highest BCUT2D eigenvalue weighted by Crippen LogP contribution is 2.14. The first kappa shape index (κ1) is 13.6. The fraction of sp³-hybridized carbons (Fsp3) is 0.429. The van der Waals surface area contributed by atoms with Crippen LogP contribution in [0.4, 0.5) is 0 Å². The van der Waals surface area contributed by atoms with Gasteiger partial charge in [0.05, 0.1) is 5.71 Å². The van der Waals surface area contributed by atoms with Crippen molar-refractivity contribution in [2.24, 2.45) is 4.99 Å². The Labute approximate surface area is 103 Å². The molecule has 92 valence electrons. The fourth-order valence-corrected chi connectivity index (χ4v) is 2.05. The first-order valence-corrected chi connectivity index (χ1v) is 5.68. The SMILES string of the molecule is CN=C(c1ccccc1C)C(C(C)=O)N(C)C. The third kappa shape index (κ3) is 3.01. The van der Waals surface area contributed by atoms with Crippen molar-refractivity contribution in [1.29, 1.82) is 0 Å². The van der Waals surface area contributed by atoms with E-state index in [-0.39, 0.29) is 11.8 Å². The molecule has 0 amide bonds. The van der Waals surface area contributed by atoms with Crippen LogP contribution in [0, 0.1) is 6.92 Å². The third-order valence-corrected chi connectivity index (χ3v) is 2.82. The summed E-state index contributed by atoms with van der Waals surface area (Å²) < 4.78 is 0. The number of carbonyl (C=O) groups excluding carboxylic acids is 1. The zero-order valence-electron chi connectivity index (χ0n) is 11.2. The zero-order valence-corrected chi connectivity index (χ0v) is 11.2. The summed E-state index contributed by atoms with van der Waals surface area (Å²) in [5.41, 5.74) is 3.02. The van der Waals surface area contributed by atoms with Gasteiger partial charge in [0.1, 0.15) is 6.04 Å². The third-order valence-electron chi connectivity index (χ3n) is 2.82. The Morgan fingerprint density at radius 1 is 1.29 bits per heavy atom. The number of aliphatic imine (C=N–C) groups is 1. The van der Waals surface area contributed by atoms with Gasteiger partial charge in [-0.05, 0) is 33.5 Å². The van der Waals surface area contributed by atoms with Gasteiger partial charge in [-0.25, -0.2) is 0 Å². The molecule has 0 bridgehead atoms. The maximum atomic E-state index is 11.7. The largest absolute Gasteiger partial charge is 0.298 e. The number of aryl methyl sites for hydroxylation is 1. The van der Waals surface area contributed by atoms with Gasteiger partial charge in [0.25, 0.3) is 0 Å². The van der Waals surface area contributed by atoms with E-state index in [1.165, 1.54) is 0 Å². The van der Waals surface area contributed by atoms with Crippen molar-refractivity contribution in [3.05, 3.63) is 35.4 Å². The molecule has 1 aromatic rings. The van der Waals surface area contributed by atoms with Crippen molar-refractivity contribution < 1.29 is 4.79 Å². The van der Waals surface area contributed by atoms with Crippen molar-refractivity contribution in [2.75, 3.05) is 21.1 Å². The molecule has 1 rings (SSSR count). The summed E-state index contributed by atoms with van der Waals surface area (Å²) in [6.45, 7) is 3.64. The Bertz CT molecular complexity index is 436. The second-order valence-electron chi connectivity index (χ2n) is 4.40. The van der Waals surface area contributed by atoms with E-state index in [2.05, 4.69) is 4.99 Å². The van der Waals surface area contributed by atoms with Crippen LogP contribution >= 0.6 is 0 Å². The van der Waals surface area contributed by atoms with Gasteiger partial charge in [-0.1, -0.05) is 24.3 Å². The first-order valence-electron chi connectivity index (χ1n) is 5.68. The van der Waals surface area contributed by atoms with Crippen LogP contribution in [-0.2, 0) is 4.79 Å². The Hall–Kier alpha value is -1.48. The normalized spacial score (nSPS) is 13.9. The number of Topliss-reactive ketones (excluding diaryl/α,β-unsaturated/α-hetero) is 1. The number of hydrogen-bond donors (Lipinski definition) is 0. The molecule has 0 aliphatic carbocycles. The quantitative estimate of drug-likeness (QED) is 0.743. The molecule has 3 heteroatoms. The predicted octanol–water partition coefficient (Wildman–Crippen LogP) is 1.93. The maximum Gasteiger partial charge on any atom is 0.153 e. The van der Waals surface area contributed by atoms with Gasteiger partial charge in [-0.15, -0.1) is 0 Å².